The Balaban J connectivity index is 1.64. The highest BCUT2D eigenvalue weighted by Gasteiger charge is 2.14. The summed E-state index contributed by atoms with van der Waals surface area (Å²) in [6, 6.07) is 7.64. The van der Waals surface area contributed by atoms with Crippen molar-refractivity contribution in [1.29, 1.82) is 0 Å². The first-order valence-electron chi connectivity index (χ1n) is 9.30. The van der Waals surface area contributed by atoms with Crippen molar-refractivity contribution in [2.75, 3.05) is 50.0 Å². The predicted octanol–water partition coefficient (Wildman–Crippen LogP) is 2.40. The smallest absolute Gasteiger partial charge is 0.274 e. The van der Waals surface area contributed by atoms with Crippen LogP contribution in [0, 0.1) is 20.8 Å². The second kappa shape index (κ2) is 8.92. The zero-order valence-electron chi connectivity index (χ0n) is 16.2. The molecular weight excluding hydrogens is 342 g/mol. The number of hydrogen-bond donors (Lipinski definition) is 2. The third-order valence-corrected chi connectivity index (χ3v) is 4.62. The Morgan fingerprint density at radius 3 is 2.56 bits per heavy atom. The summed E-state index contributed by atoms with van der Waals surface area (Å²) in [7, 11) is 0. The van der Waals surface area contributed by atoms with E-state index in [1.165, 1.54) is 0 Å². The molecule has 1 aliphatic rings. The summed E-state index contributed by atoms with van der Waals surface area (Å²) in [6.45, 7) is 10.9. The van der Waals surface area contributed by atoms with Crippen LogP contribution in [0.25, 0.3) is 0 Å². The van der Waals surface area contributed by atoms with Crippen LogP contribution in [0.3, 0.4) is 0 Å². The van der Waals surface area contributed by atoms with Crippen molar-refractivity contribution in [1.82, 2.24) is 14.9 Å². The van der Waals surface area contributed by atoms with Gasteiger partial charge in [-0.2, -0.15) is 0 Å². The minimum absolute atomic E-state index is 0.228. The number of anilines is 2. The molecule has 1 aliphatic heterocycles. The SMILES string of the molecule is Cc1cc(C(=O)Nc2c(C)cccc2C)nc(NCCN2CCOCC2)n1. The van der Waals surface area contributed by atoms with Gasteiger partial charge in [0.05, 0.1) is 13.2 Å². The summed E-state index contributed by atoms with van der Waals surface area (Å²) < 4.78 is 5.36. The van der Waals surface area contributed by atoms with E-state index in [1.807, 2.05) is 39.0 Å². The van der Waals surface area contributed by atoms with Gasteiger partial charge in [-0.15, -0.1) is 0 Å². The number of aryl methyl sites for hydroxylation is 3. The Morgan fingerprint density at radius 1 is 1.15 bits per heavy atom. The molecule has 1 aromatic carbocycles. The van der Waals surface area contributed by atoms with Crippen LogP contribution in [0.2, 0.25) is 0 Å². The fourth-order valence-corrected chi connectivity index (χ4v) is 3.10. The van der Waals surface area contributed by atoms with Crippen LogP contribution in [-0.2, 0) is 4.74 Å². The summed E-state index contributed by atoms with van der Waals surface area (Å²) in [5.41, 5.74) is 4.00. The van der Waals surface area contributed by atoms with Crippen molar-refractivity contribution in [3.63, 3.8) is 0 Å². The first kappa shape index (κ1) is 19.3. The number of hydrogen-bond acceptors (Lipinski definition) is 6. The lowest BCUT2D eigenvalue weighted by Gasteiger charge is -2.26. The van der Waals surface area contributed by atoms with Crippen LogP contribution in [0.4, 0.5) is 11.6 Å². The maximum atomic E-state index is 12.7. The third-order valence-electron chi connectivity index (χ3n) is 4.62. The lowest BCUT2D eigenvalue weighted by atomic mass is 10.1. The molecule has 2 heterocycles. The van der Waals surface area contributed by atoms with Crippen LogP contribution in [-0.4, -0.2) is 60.2 Å². The van der Waals surface area contributed by atoms with Crippen molar-refractivity contribution in [2.24, 2.45) is 0 Å². The van der Waals surface area contributed by atoms with Gasteiger partial charge in [0.2, 0.25) is 5.95 Å². The molecule has 7 heteroatoms. The van der Waals surface area contributed by atoms with Gasteiger partial charge < -0.3 is 15.4 Å². The number of benzene rings is 1. The van der Waals surface area contributed by atoms with Crippen LogP contribution in [0.1, 0.15) is 27.3 Å². The molecule has 1 amide bonds. The average molecular weight is 369 g/mol. The van der Waals surface area contributed by atoms with E-state index in [0.717, 1.165) is 61.9 Å². The molecule has 0 aliphatic carbocycles. The van der Waals surface area contributed by atoms with Gasteiger partial charge in [0.25, 0.3) is 5.91 Å². The number of aromatic nitrogens is 2. The average Bonchev–Trinajstić information content (AvgIpc) is 2.65. The summed E-state index contributed by atoms with van der Waals surface area (Å²) in [4.78, 5) is 23.8. The summed E-state index contributed by atoms with van der Waals surface area (Å²) >= 11 is 0. The highest BCUT2D eigenvalue weighted by atomic mass is 16.5. The van der Waals surface area contributed by atoms with E-state index in [2.05, 4.69) is 25.5 Å². The molecule has 27 heavy (non-hydrogen) atoms. The molecule has 0 saturated carbocycles. The monoisotopic (exact) mass is 369 g/mol. The number of nitrogens with one attached hydrogen (secondary N) is 2. The second-order valence-corrected chi connectivity index (χ2v) is 6.82. The fourth-order valence-electron chi connectivity index (χ4n) is 3.10. The standard InChI is InChI=1S/C20H27N5O2/c1-14-5-4-6-15(2)18(14)24-19(26)17-13-16(3)22-20(23-17)21-7-8-25-9-11-27-12-10-25/h4-6,13H,7-12H2,1-3H3,(H,24,26)(H,21,22,23). The van der Waals surface area contributed by atoms with Crippen LogP contribution >= 0.6 is 0 Å². The van der Waals surface area contributed by atoms with Crippen LogP contribution in [0.5, 0.6) is 0 Å². The minimum Gasteiger partial charge on any atom is -0.379 e. The molecule has 0 spiro atoms. The molecule has 2 aromatic rings. The van der Waals surface area contributed by atoms with Crippen molar-refractivity contribution in [3.05, 3.63) is 46.8 Å². The third kappa shape index (κ3) is 5.24. The quantitative estimate of drug-likeness (QED) is 0.814. The van der Waals surface area contributed by atoms with Gasteiger partial charge in [-0.05, 0) is 38.0 Å². The van der Waals surface area contributed by atoms with Crippen molar-refractivity contribution in [2.45, 2.75) is 20.8 Å². The van der Waals surface area contributed by atoms with Gasteiger partial charge in [-0.3, -0.25) is 9.69 Å². The van der Waals surface area contributed by atoms with Gasteiger partial charge in [-0.1, -0.05) is 18.2 Å². The number of nitrogens with zero attached hydrogens (tertiary/aromatic N) is 3. The maximum absolute atomic E-state index is 12.7. The first-order chi connectivity index (χ1) is 13.0. The largest absolute Gasteiger partial charge is 0.379 e. The molecule has 0 radical (unpaired) electrons. The minimum atomic E-state index is -0.228. The second-order valence-electron chi connectivity index (χ2n) is 6.82. The molecule has 3 rings (SSSR count). The number of para-hydroxylation sites is 1. The topological polar surface area (TPSA) is 79.4 Å². The summed E-state index contributed by atoms with van der Waals surface area (Å²) in [5, 5.41) is 6.21. The lowest BCUT2D eigenvalue weighted by molar-refractivity contribution is 0.0398. The number of carbonyl (C=O) groups excluding carboxylic acids is 1. The molecule has 1 fully saturated rings. The maximum Gasteiger partial charge on any atom is 0.274 e. The number of ether oxygens (including phenoxy) is 1. The predicted molar refractivity (Wildman–Crippen MR) is 106 cm³/mol. The number of morpholine rings is 1. The Bertz CT molecular complexity index is 783. The zero-order valence-corrected chi connectivity index (χ0v) is 16.2. The highest BCUT2D eigenvalue weighted by molar-refractivity contribution is 6.03. The Labute approximate surface area is 160 Å². The highest BCUT2D eigenvalue weighted by Crippen LogP contribution is 2.20. The number of carbonyl (C=O) groups is 1. The molecule has 0 atom stereocenters. The van der Waals surface area contributed by atoms with Gasteiger partial charge in [-0.25, -0.2) is 9.97 Å². The molecule has 2 N–H and O–H groups in total. The van der Waals surface area contributed by atoms with Crippen molar-refractivity contribution in [3.8, 4) is 0 Å². The van der Waals surface area contributed by atoms with Crippen molar-refractivity contribution >= 4 is 17.5 Å². The van der Waals surface area contributed by atoms with E-state index in [4.69, 9.17) is 4.74 Å². The molecule has 144 valence electrons. The molecule has 1 aromatic heterocycles. The molecule has 1 saturated heterocycles. The van der Waals surface area contributed by atoms with E-state index in [-0.39, 0.29) is 5.91 Å². The summed E-state index contributed by atoms with van der Waals surface area (Å²) in [6.07, 6.45) is 0. The molecular formula is C20H27N5O2. The van der Waals surface area contributed by atoms with Gasteiger partial charge in [0.1, 0.15) is 5.69 Å². The van der Waals surface area contributed by atoms with Crippen molar-refractivity contribution < 1.29 is 9.53 Å². The molecule has 0 bridgehead atoms. The Morgan fingerprint density at radius 2 is 1.85 bits per heavy atom. The Hall–Kier alpha value is -2.51. The normalized spacial score (nSPS) is 14.8. The number of amides is 1. The Kier molecular flexibility index (Phi) is 6.36. The molecule has 0 unspecified atom stereocenters. The van der Waals surface area contributed by atoms with E-state index in [0.29, 0.717) is 11.6 Å². The fraction of sp³-hybridized carbons (Fsp3) is 0.450. The molecule has 7 nitrogen and oxygen atoms in total. The number of rotatable bonds is 6. The van der Waals surface area contributed by atoms with E-state index in [9.17, 15) is 4.79 Å². The van der Waals surface area contributed by atoms with Crippen LogP contribution < -0.4 is 10.6 Å². The first-order valence-corrected chi connectivity index (χ1v) is 9.30. The van der Waals surface area contributed by atoms with Gasteiger partial charge in [0.15, 0.2) is 0 Å². The lowest BCUT2D eigenvalue weighted by Crippen LogP contribution is -2.39. The zero-order chi connectivity index (χ0) is 19.2. The van der Waals surface area contributed by atoms with E-state index < -0.39 is 0 Å². The summed E-state index contributed by atoms with van der Waals surface area (Å²) in [5.74, 6) is 0.254. The van der Waals surface area contributed by atoms with Crippen LogP contribution in [0.15, 0.2) is 24.3 Å². The van der Waals surface area contributed by atoms with E-state index in [1.54, 1.807) is 6.07 Å². The van der Waals surface area contributed by atoms with Gasteiger partial charge in [0, 0.05) is 37.6 Å². The van der Waals surface area contributed by atoms with E-state index >= 15 is 0 Å². The van der Waals surface area contributed by atoms with Gasteiger partial charge >= 0.3 is 0 Å².